The van der Waals surface area contributed by atoms with Crippen LogP contribution in [0.2, 0.25) is 0 Å². The third-order valence-corrected chi connectivity index (χ3v) is 3.14. The monoisotopic (exact) mass is 258 g/mol. The molecule has 1 rings (SSSR count). The van der Waals surface area contributed by atoms with Gasteiger partial charge >= 0.3 is 12.0 Å². The van der Waals surface area contributed by atoms with Gasteiger partial charge in [-0.05, 0) is 20.3 Å². The average Bonchev–Trinajstić information content (AvgIpc) is 2.36. The topological polar surface area (TPSA) is 78.9 Å². The van der Waals surface area contributed by atoms with Gasteiger partial charge in [0.15, 0.2) is 0 Å². The van der Waals surface area contributed by atoms with Crippen LogP contribution in [0.3, 0.4) is 0 Å². The molecular formula is C12H22N2O4. The molecule has 2 N–H and O–H groups in total. The highest BCUT2D eigenvalue weighted by atomic mass is 16.5. The standard InChI is InChI=1S/C12H22N2O4/c1-4-9-7-14(5-6-18-9)11(17)13-8-12(2,3)10(15)16/h9H,4-8H2,1-3H3,(H,13,17)(H,15,16). The molecular weight excluding hydrogens is 236 g/mol. The van der Waals surface area contributed by atoms with Gasteiger partial charge in [-0.3, -0.25) is 4.79 Å². The molecule has 0 aromatic carbocycles. The van der Waals surface area contributed by atoms with Crippen LogP contribution in [0.25, 0.3) is 0 Å². The maximum atomic E-state index is 11.9. The van der Waals surface area contributed by atoms with Crippen molar-refractivity contribution < 1.29 is 19.4 Å². The summed E-state index contributed by atoms with van der Waals surface area (Å²) in [6.45, 7) is 6.96. The molecule has 1 aliphatic rings. The molecule has 2 amide bonds. The molecule has 0 aliphatic carbocycles. The lowest BCUT2D eigenvalue weighted by molar-refractivity contribution is -0.146. The first-order chi connectivity index (χ1) is 8.36. The van der Waals surface area contributed by atoms with Crippen molar-refractivity contribution in [3.63, 3.8) is 0 Å². The zero-order valence-electron chi connectivity index (χ0n) is 11.2. The summed E-state index contributed by atoms with van der Waals surface area (Å²) in [6.07, 6.45) is 0.946. The molecule has 0 aromatic heterocycles. The molecule has 1 heterocycles. The molecule has 1 unspecified atom stereocenters. The predicted molar refractivity (Wildman–Crippen MR) is 66.4 cm³/mol. The maximum Gasteiger partial charge on any atom is 0.317 e. The minimum atomic E-state index is -0.952. The molecule has 18 heavy (non-hydrogen) atoms. The van der Waals surface area contributed by atoms with Crippen LogP contribution < -0.4 is 5.32 Å². The Hall–Kier alpha value is -1.30. The number of aliphatic carboxylic acids is 1. The lowest BCUT2D eigenvalue weighted by Crippen LogP contribution is -2.51. The second kappa shape index (κ2) is 6.04. The van der Waals surface area contributed by atoms with Crippen LogP contribution >= 0.6 is 0 Å². The lowest BCUT2D eigenvalue weighted by atomic mass is 9.94. The molecule has 1 saturated heterocycles. The summed E-state index contributed by atoms with van der Waals surface area (Å²) in [4.78, 5) is 24.5. The molecule has 6 heteroatoms. The molecule has 1 atom stereocenters. The van der Waals surface area contributed by atoms with E-state index in [1.54, 1.807) is 18.7 Å². The van der Waals surface area contributed by atoms with Crippen molar-refractivity contribution in [2.24, 2.45) is 5.41 Å². The highest BCUT2D eigenvalue weighted by Gasteiger charge is 2.29. The fraction of sp³-hybridized carbons (Fsp3) is 0.833. The van der Waals surface area contributed by atoms with Crippen LogP contribution in [-0.4, -0.2) is 54.4 Å². The van der Waals surface area contributed by atoms with Gasteiger partial charge in [0.1, 0.15) is 0 Å². The summed E-state index contributed by atoms with van der Waals surface area (Å²) in [5, 5.41) is 11.6. The molecule has 1 fully saturated rings. The van der Waals surface area contributed by atoms with Gasteiger partial charge in [0.05, 0.1) is 18.1 Å². The molecule has 0 bridgehead atoms. The first-order valence-electron chi connectivity index (χ1n) is 6.24. The molecule has 0 spiro atoms. The second-order valence-corrected chi connectivity index (χ2v) is 5.19. The molecule has 0 aromatic rings. The Balaban J connectivity index is 2.43. The highest BCUT2D eigenvalue weighted by molar-refractivity contribution is 5.77. The van der Waals surface area contributed by atoms with E-state index in [0.717, 1.165) is 6.42 Å². The number of hydrogen-bond donors (Lipinski definition) is 2. The molecule has 1 aliphatic heterocycles. The van der Waals surface area contributed by atoms with Crippen molar-refractivity contribution in [3.8, 4) is 0 Å². The van der Waals surface area contributed by atoms with Crippen molar-refractivity contribution in [1.29, 1.82) is 0 Å². The SMILES string of the molecule is CCC1CN(C(=O)NCC(C)(C)C(=O)O)CCO1. The number of carboxylic acid groups (broad SMARTS) is 1. The third-order valence-electron chi connectivity index (χ3n) is 3.14. The van der Waals surface area contributed by atoms with Crippen molar-refractivity contribution in [2.75, 3.05) is 26.2 Å². The van der Waals surface area contributed by atoms with Crippen LogP contribution in [0.1, 0.15) is 27.2 Å². The molecule has 6 nitrogen and oxygen atoms in total. The molecule has 104 valence electrons. The van der Waals surface area contributed by atoms with Crippen molar-refractivity contribution in [2.45, 2.75) is 33.3 Å². The number of carbonyl (C=O) groups is 2. The number of morpholine rings is 1. The fourth-order valence-corrected chi connectivity index (χ4v) is 1.63. The minimum Gasteiger partial charge on any atom is -0.481 e. The van der Waals surface area contributed by atoms with E-state index in [1.807, 2.05) is 6.92 Å². The van der Waals surface area contributed by atoms with E-state index in [1.165, 1.54) is 0 Å². The Morgan fingerprint density at radius 1 is 1.50 bits per heavy atom. The van der Waals surface area contributed by atoms with Crippen LogP contribution in [0.15, 0.2) is 0 Å². The number of nitrogens with zero attached hydrogens (tertiary/aromatic N) is 1. The van der Waals surface area contributed by atoms with E-state index < -0.39 is 11.4 Å². The van der Waals surface area contributed by atoms with E-state index >= 15 is 0 Å². The van der Waals surface area contributed by atoms with E-state index in [9.17, 15) is 9.59 Å². The summed E-state index contributed by atoms with van der Waals surface area (Å²) in [5.74, 6) is -0.920. The number of hydrogen-bond acceptors (Lipinski definition) is 3. The van der Waals surface area contributed by atoms with Crippen LogP contribution in [0.4, 0.5) is 4.79 Å². The zero-order valence-corrected chi connectivity index (χ0v) is 11.2. The summed E-state index contributed by atoms with van der Waals surface area (Å²) >= 11 is 0. The number of nitrogens with one attached hydrogen (secondary N) is 1. The Morgan fingerprint density at radius 2 is 2.17 bits per heavy atom. The number of rotatable bonds is 4. The second-order valence-electron chi connectivity index (χ2n) is 5.19. The normalized spacial score (nSPS) is 20.6. The van der Waals surface area contributed by atoms with Crippen molar-refractivity contribution in [1.82, 2.24) is 10.2 Å². The number of carbonyl (C=O) groups excluding carboxylic acids is 1. The number of urea groups is 1. The van der Waals surface area contributed by atoms with Gasteiger partial charge in [-0.1, -0.05) is 6.92 Å². The van der Waals surface area contributed by atoms with E-state index in [-0.39, 0.29) is 18.7 Å². The van der Waals surface area contributed by atoms with E-state index in [4.69, 9.17) is 9.84 Å². The summed E-state index contributed by atoms with van der Waals surface area (Å²) in [7, 11) is 0. The van der Waals surface area contributed by atoms with Gasteiger partial charge < -0.3 is 20.1 Å². The number of amides is 2. The Kier molecular flexibility index (Phi) is 4.95. The van der Waals surface area contributed by atoms with Gasteiger partial charge in [0.25, 0.3) is 0 Å². The smallest absolute Gasteiger partial charge is 0.317 e. The Bertz CT molecular complexity index is 317. The zero-order chi connectivity index (χ0) is 13.8. The first-order valence-corrected chi connectivity index (χ1v) is 6.24. The van der Waals surface area contributed by atoms with Crippen LogP contribution in [0, 0.1) is 5.41 Å². The van der Waals surface area contributed by atoms with Gasteiger partial charge in [0, 0.05) is 19.6 Å². The molecule has 0 radical (unpaired) electrons. The van der Waals surface area contributed by atoms with Gasteiger partial charge in [-0.15, -0.1) is 0 Å². The number of carboxylic acids is 1. The Morgan fingerprint density at radius 3 is 2.72 bits per heavy atom. The van der Waals surface area contributed by atoms with E-state index in [0.29, 0.717) is 19.7 Å². The minimum absolute atomic E-state index is 0.0805. The first kappa shape index (κ1) is 14.8. The molecule has 0 saturated carbocycles. The largest absolute Gasteiger partial charge is 0.481 e. The van der Waals surface area contributed by atoms with Crippen LogP contribution in [0.5, 0.6) is 0 Å². The fourth-order valence-electron chi connectivity index (χ4n) is 1.63. The van der Waals surface area contributed by atoms with Gasteiger partial charge in [-0.25, -0.2) is 4.79 Å². The quantitative estimate of drug-likeness (QED) is 0.786. The summed E-state index contributed by atoms with van der Waals surface area (Å²) in [6, 6.07) is -0.217. The predicted octanol–water partition coefficient (Wildman–Crippen LogP) is 0.918. The highest BCUT2D eigenvalue weighted by Crippen LogP contribution is 2.14. The summed E-state index contributed by atoms with van der Waals surface area (Å²) in [5.41, 5.74) is -0.952. The average molecular weight is 258 g/mol. The lowest BCUT2D eigenvalue weighted by Gasteiger charge is -2.33. The van der Waals surface area contributed by atoms with Gasteiger partial charge in [0.2, 0.25) is 0 Å². The maximum absolute atomic E-state index is 11.9. The van der Waals surface area contributed by atoms with Gasteiger partial charge in [-0.2, -0.15) is 0 Å². The summed E-state index contributed by atoms with van der Waals surface area (Å²) < 4.78 is 5.48. The van der Waals surface area contributed by atoms with Crippen molar-refractivity contribution >= 4 is 12.0 Å². The number of ether oxygens (including phenoxy) is 1. The van der Waals surface area contributed by atoms with Crippen LogP contribution in [-0.2, 0) is 9.53 Å². The van der Waals surface area contributed by atoms with E-state index in [2.05, 4.69) is 5.32 Å². The third kappa shape index (κ3) is 3.87. The van der Waals surface area contributed by atoms with Crippen molar-refractivity contribution in [3.05, 3.63) is 0 Å². The Labute approximate surface area is 107 Å².